The summed E-state index contributed by atoms with van der Waals surface area (Å²) in [6.07, 6.45) is -0.414. The zero-order valence-corrected chi connectivity index (χ0v) is 19.2. The number of aliphatic hydroxyl groups excluding tert-OH is 1. The predicted molar refractivity (Wildman–Crippen MR) is 119 cm³/mol. The van der Waals surface area contributed by atoms with Crippen LogP contribution in [0.25, 0.3) is 11.1 Å². The predicted octanol–water partition coefficient (Wildman–Crippen LogP) is 2.60. The van der Waals surface area contributed by atoms with Gasteiger partial charge in [0, 0.05) is 32.5 Å². The van der Waals surface area contributed by atoms with E-state index in [1.54, 1.807) is 37.1 Å². The van der Waals surface area contributed by atoms with Crippen molar-refractivity contribution in [2.24, 2.45) is 5.92 Å². The molecule has 0 aromatic heterocycles. The van der Waals surface area contributed by atoms with Crippen molar-refractivity contribution >= 4 is 15.9 Å². The van der Waals surface area contributed by atoms with Gasteiger partial charge in [-0.25, -0.2) is 8.42 Å². The molecule has 8 heteroatoms. The third kappa shape index (κ3) is 4.92. The summed E-state index contributed by atoms with van der Waals surface area (Å²) in [7, 11) is -2.19. The van der Waals surface area contributed by atoms with Crippen LogP contribution in [0.4, 0.5) is 0 Å². The van der Waals surface area contributed by atoms with Gasteiger partial charge >= 0.3 is 0 Å². The summed E-state index contributed by atoms with van der Waals surface area (Å²) >= 11 is 0. The molecular weight excluding hydrogens is 416 g/mol. The molecule has 3 atom stereocenters. The molecule has 0 unspecified atom stereocenters. The van der Waals surface area contributed by atoms with E-state index < -0.39 is 22.2 Å². The van der Waals surface area contributed by atoms with Crippen molar-refractivity contribution in [3.05, 3.63) is 48.5 Å². The number of hydrogen-bond donors (Lipinski definition) is 1. The van der Waals surface area contributed by atoms with Crippen LogP contribution in [0.3, 0.4) is 0 Å². The second-order valence-electron chi connectivity index (χ2n) is 8.17. The first-order valence-electron chi connectivity index (χ1n) is 10.4. The number of ether oxygens (including phenoxy) is 1. The number of likely N-dealkylation sites (N-methyl/N-ethyl adjacent to an activating group) is 1. The Hall–Kier alpha value is -2.42. The number of benzene rings is 2. The molecule has 3 rings (SSSR count). The highest BCUT2D eigenvalue weighted by Gasteiger charge is 2.38. The van der Waals surface area contributed by atoms with Crippen molar-refractivity contribution in [2.45, 2.75) is 37.8 Å². The standard InChI is InChI=1S/C23H30N2O5S/c1-16-13-25(17(2)15-26)31(28,29)23-11-10-20(19-8-6-5-7-9-19)12-21(23)30-22(16)14-24(4)18(3)27/h5-12,16-17,22,26H,13-15H2,1-4H3/t16-,17+,22+/m1/s1. The maximum atomic E-state index is 13.5. The van der Waals surface area contributed by atoms with Crippen LogP contribution in [0.15, 0.2) is 53.4 Å². The molecule has 0 saturated heterocycles. The zero-order valence-electron chi connectivity index (χ0n) is 18.4. The number of sulfonamides is 1. The SMILES string of the molecule is CC(=O)N(C)C[C@@H]1Oc2cc(-c3ccccc3)ccc2S(=O)(=O)N([C@@H](C)CO)C[C@H]1C. The highest BCUT2D eigenvalue weighted by Crippen LogP contribution is 2.36. The molecule has 1 heterocycles. The molecule has 0 aliphatic carbocycles. The van der Waals surface area contributed by atoms with E-state index in [1.807, 2.05) is 37.3 Å². The molecule has 168 valence electrons. The summed E-state index contributed by atoms with van der Waals surface area (Å²) in [5.74, 6) is -0.0478. The molecule has 1 N–H and O–H groups in total. The van der Waals surface area contributed by atoms with Gasteiger partial charge in [-0.05, 0) is 30.2 Å². The third-order valence-electron chi connectivity index (χ3n) is 5.77. The molecule has 0 bridgehead atoms. The number of aliphatic hydroxyl groups is 1. The van der Waals surface area contributed by atoms with Crippen molar-refractivity contribution in [1.82, 2.24) is 9.21 Å². The van der Waals surface area contributed by atoms with Gasteiger partial charge in [-0.1, -0.05) is 43.3 Å². The molecule has 31 heavy (non-hydrogen) atoms. The van der Waals surface area contributed by atoms with Gasteiger partial charge in [0.25, 0.3) is 0 Å². The molecular formula is C23H30N2O5S. The van der Waals surface area contributed by atoms with Gasteiger partial charge in [0.05, 0.1) is 13.2 Å². The molecule has 1 amide bonds. The first-order valence-corrected chi connectivity index (χ1v) is 11.8. The minimum absolute atomic E-state index is 0.0647. The number of carbonyl (C=O) groups is 1. The van der Waals surface area contributed by atoms with Gasteiger partial charge in [-0.3, -0.25) is 4.79 Å². The number of nitrogens with zero attached hydrogens (tertiary/aromatic N) is 2. The molecule has 7 nitrogen and oxygen atoms in total. The fraction of sp³-hybridized carbons (Fsp3) is 0.435. The fourth-order valence-electron chi connectivity index (χ4n) is 3.65. The van der Waals surface area contributed by atoms with Crippen molar-refractivity contribution in [2.75, 3.05) is 26.7 Å². The van der Waals surface area contributed by atoms with E-state index in [0.717, 1.165) is 11.1 Å². The van der Waals surface area contributed by atoms with Gasteiger partial charge in [0.1, 0.15) is 16.7 Å². The highest BCUT2D eigenvalue weighted by molar-refractivity contribution is 7.89. The lowest BCUT2D eigenvalue weighted by atomic mass is 10.0. The van der Waals surface area contributed by atoms with Gasteiger partial charge < -0.3 is 14.7 Å². The first kappa shape index (κ1) is 23.2. The Morgan fingerprint density at radius 2 is 1.90 bits per heavy atom. The average molecular weight is 447 g/mol. The minimum Gasteiger partial charge on any atom is -0.487 e. The Balaban J connectivity index is 2.13. The lowest BCUT2D eigenvalue weighted by Crippen LogP contribution is -2.50. The lowest BCUT2D eigenvalue weighted by molar-refractivity contribution is -0.129. The van der Waals surface area contributed by atoms with Gasteiger partial charge in [0.15, 0.2) is 0 Å². The van der Waals surface area contributed by atoms with E-state index >= 15 is 0 Å². The van der Waals surface area contributed by atoms with E-state index in [2.05, 4.69) is 0 Å². The highest BCUT2D eigenvalue weighted by atomic mass is 32.2. The molecule has 0 fully saturated rings. The van der Waals surface area contributed by atoms with Crippen LogP contribution < -0.4 is 4.74 Å². The third-order valence-corrected chi connectivity index (χ3v) is 7.79. The largest absolute Gasteiger partial charge is 0.487 e. The van der Waals surface area contributed by atoms with Crippen molar-refractivity contribution in [1.29, 1.82) is 0 Å². The maximum absolute atomic E-state index is 13.5. The van der Waals surface area contributed by atoms with Crippen LogP contribution in [0.1, 0.15) is 20.8 Å². The lowest BCUT2D eigenvalue weighted by Gasteiger charge is -2.37. The van der Waals surface area contributed by atoms with Crippen LogP contribution in [0.5, 0.6) is 5.75 Å². The average Bonchev–Trinajstić information content (AvgIpc) is 2.75. The molecule has 1 aliphatic rings. The Labute approximate surface area is 184 Å². The molecule has 2 aromatic carbocycles. The number of carbonyl (C=O) groups excluding carboxylic acids is 1. The molecule has 0 spiro atoms. The Morgan fingerprint density at radius 1 is 1.23 bits per heavy atom. The summed E-state index contributed by atoms with van der Waals surface area (Å²) in [6.45, 7) is 5.29. The van der Waals surface area contributed by atoms with E-state index in [9.17, 15) is 18.3 Å². The second kappa shape index (κ2) is 9.38. The molecule has 2 aromatic rings. The number of fused-ring (bicyclic) bond motifs is 1. The smallest absolute Gasteiger partial charge is 0.247 e. The van der Waals surface area contributed by atoms with Gasteiger partial charge in [-0.15, -0.1) is 0 Å². The number of hydrogen-bond acceptors (Lipinski definition) is 5. The van der Waals surface area contributed by atoms with Crippen molar-refractivity contribution < 1.29 is 23.1 Å². The number of amides is 1. The van der Waals surface area contributed by atoms with Gasteiger partial charge in [-0.2, -0.15) is 4.31 Å². The zero-order chi connectivity index (χ0) is 22.8. The molecule has 1 aliphatic heterocycles. The van der Waals surface area contributed by atoms with E-state index in [1.165, 1.54) is 11.2 Å². The Morgan fingerprint density at radius 3 is 2.52 bits per heavy atom. The summed E-state index contributed by atoms with van der Waals surface area (Å²) in [5, 5.41) is 9.70. The summed E-state index contributed by atoms with van der Waals surface area (Å²) in [5.41, 5.74) is 1.78. The van der Waals surface area contributed by atoms with E-state index in [-0.39, 0.29) is 35.6 Å². The van der Waals surface area contributed by atoms with Crippen LogP contribution >= 0.6 is 0 Å². The normalized spacial score (nSPS) is 21.8. The topological polar surface area (TPSA) is 87.2 Å². The Bertz CT molecular complexity index is 1030. The second-order valence-corrected chi connectivity index (χ2v) is 10.0. The fourth-order valence-corrected chi connectivity index (χ4v) is 5.48. The number of rotatable bonds is 5. The molecule has 0 radical (unpaired) electrons. The summed E-state index contributed by atoms with van der Waals surface area (Å²) in [4.78, 5) is 13.4. The minimum atomic E-state index is -3.89. The monoisotopic (exact) mass is 446 g/mol. The van der Waals surface area contributed by atoms with E-state index in [4.69, 9.17) is 4.74 Å². The van der Waals surface area contributed by atoms with Gasteiger partial charge in [0.2, 0.25) is 15.9 Å². The van der Waals surface area contributed by atoms with Crippen molar-refractivity contribution in [3.8, 4) is 16.9 Å². The maximum Gasteiger partial charge on any atom is 0.247 e. The van der Waals surface area contributed by atoms with E-state index in [0.29, 0.717) is 6.54 Å². The summed E-state index contributed by atoms with van der Waals surface area (Å²) < 4.78 is 34.6. The molecule has 0 saturated carbocycles. The van der Waals surface area contributed by atoms with Crippen LogP contribution in [-0.2, 0) is 14.8 Å². The van der Waals surface area contributed by atoms with Crippen molar-refractivity contribution in [3.63, 3.8) is 0 Å². The van der Waals surface area contributed by atoms with Crippen LogP contribution in [0, 0.1) is 5.92 Å². The van der Waals surface area contributed by atoms with Crippen LogP contribution in [0.2, 0.25) is 0 Å². The summed E-state index contributed by atoms with van der Waals surface area (Å²) in [6, 6.07) is 14.1. The van der Waals surface area contributed by atoms with Crippen LogP contribution in [-0.4, -0.2) is 67.5 Å². The quantitative estimate of drug-likeness (QED) is 0.763. The first-order chi connectivity index (χ1) is 14.6. The Kier molecular flexibility index (Phi) is 7.03.